The number of hydrogen-bond donors (Lipinski definition) is 1. The molecule has 1 aromatic heterocycles. The standard InChI is InChI=1S/C11H17NO2S/c1-4-11(14,5-2)10(13)6-9-7-15-8(3)12-9/h7,14H,4-6H2,1-3H3. The fourth-order valence-electron chi connectivity index (χ4n) is 1.46. The van der Waals surface area contributed by atoms with E-state index < -0.39 is 5.60 Å². The van der Waals surface area contributed by atoms with Crippen molar-refractivity contribution >= 4 is 17.1 Å². The van der Waals surface area contributed by atoms with E-state index in [-0.39, 0.29) is 12.2 Å². The molecule has 1 aromatic rings. The van der Waals surface area contributed by atoms with E-state index in [4.69, 9.17) is 0 Å². The van der Waals surface area contributed by atoms with Gasteiger partial charge in [-0.2, -0.15) is 0 Å². The number of carbonyl (C=O) groups is 1. The summed E-state index contributed by atoms with van der Waals surface area (Å²) < 4.78 is 0. The van der Waals surface area contributed by atoms with Gasteiger partial charge in [-0.1, -0.05) is 13.8 Å². The number of rotatable bonds is 5. The van der Waals surface area contributed by atoms with E-state index in [9.17, 15) is 9.90 Å². The molecular weight excluding hydrogens is 210 g/mol. The van der Waals surface area contributed by atoms with Crippen LogP contribution >= 0.6 is 11.3 Å². The van der Waals surface area contributed by atoms with Crippen molar-refractivity contribution in [1.82, 2.24) is 4.98 Å². The second kappa shape index (κ2) is 4.86. The van der Waals surface area contributed by atoms with Crippen LogP contribution in [-0.4, -0.2) is 21.5 Å². The maximum Gasteiger partial charge on any atom is 0.170 e. The number of aliphatic hydroxyl groups is 1. The monoisotopic (exact) mass is 227 g/mol. The largest absolute Gasteiger partial charge is 0.382 e. The first-order chi connectivity index (χ1) is 7.01. The molecule has 0 saturated heterocycles. The zero-order valence-electron chi connectivity index (χ0n) is 9.41. The van der Waals surface area contributed by atoms with Crippen LogP contribution in [0.15, 0.2) is 5.38 Å². The van der Waals surface area contributed by atoms with E-state index in [0.717, 1.165) is 10.7 Å². The third kappa shape index (κ3) is 2.86. The van der Waals surface area contributed by atoms with Crippen LogP contribution < -0.4 is 0 Å². The summed E-state index contributed by atoms with van der Waals surface area (Å²) in [6.07, 6.45) is 1.17. The summed E-state index contributed by atoms with van der Waals surface area (Å²) in [5.74, 6) is -0.127. The van der Waals surface area contributed by atoms with Crippen molar-refractivity contribution in [3.63, 3.8) is 0 Å². The second-order valence-electron chi connectivity index (χ2n) is 3.70. The van der Waals surface area contributed by atoms with Gasteiger partial charge >= 0.3 is 0 Å². The first-order valence-corrected chi connectivity index (χ1v) is 6.06. The molecular formula is C11H17NO2S. The molecule has 0 amide bonds. The second-order valence-corrected chi connectivity index (χ2v) is 4.76. The van der Waals surface area contributed by atoms with Crippen molar-refractivity contribution in [1.29, 1.82) is 0 Å². The molecule has 84 valence electrons. The molecule has 0 aliphatic heterocycles. The average molecular weight is 227 g/mol. The van der Waals surface area contributed by atoms with Crippen molar-refractivity contribution in [3.8, 4) is 0 Å². The van der Waals surface area contributed by atoms with Gasteiger partial charge in [0.15, 0.2) is 5.78 Å². The average Bonchev–Trinajstić information content (AvgIpc) is 2.62. The van der Waals surface area contributed by atoms with Crippen LogP contribution in [0.5, 0.6) is 0 Å². The summed E-state index contributed by atoms with van der Waals surface area (Å²) in [6, 6.07) is 0. The molecule has 0 spiro atoms. The van der Waals surface area contributed by atoms with Crippen LogP contribution in [0.25, 0.3) is 0 Å². The van der Waals surface area contributed by atoms with E-state index in [1.54, 1.807) is 0 Å². The number of aromatic nitrogens is 1. The van der Waals surface area contributed by atoms with Crippen molar-refractivity contribution in [2.45, 2.75) is 45.6 Å². The molecule has 0 aromatic carbocycles. The van der Waals surface area contributed by atoms with Gasteiger partial charge in [0.1, 0.15) is 5.60 Å². The van der Waals surface area contributed by atoms with E-state index in [1.807, 2.05) is 26.2 Å². The Kier molecular flexibility index (Phi) is 3.99. The molecule has 15 heavy (non-hydrogen) atoms. The highest BCUT2D eigenvalue weighted by atomic mass is 32.1. The lowest BCUT2D eigenvalue weighted by Gasteiger charge is -2.22. The zero-order chi connectivity index (χ0) is 11.5. The number of Topliss-reactive ketones (excluding diaryl/α,β-unsaturated/α-hetero) is 1. The van der Waals surface area contributed by atoms with Gasteiger partial charge in [-0.05, 0) is 19.8 Å². The predicted octanol–water partition coefficient (Wildman–Crippen LogP) is 2.11. The minimum atomic E-state index is -1.17. The molecule has 0 unspecified atom stereocenters. The number of ketones is 1. The molecule has 0 atom stereocenters. The van der Waals surface area contributed by atoms with Crippen molar-refractivity contribution < 1.29 is 9.90 Å². The third-order valence-electron chi connectivity index (χ3n) is 2.70. The number of thiazole rings is 1. The van der Waals surface area contributed by atoms with Gasteiger partial charge < -0.3 is 5.11 Å². The molecule has 0 saturated carbocycles. The van der Waals surface area contributed by atoms with Crippen molar-refractivity contribution in [2.75, 3.05) is 0 Å². The van der Waals surface area contributed by atoms with E-state index in [2.05, 4.69) is 4.98 Å². The lowest BCUT2D eigenvalue weighted by atomic mass is 9.90. The normalized spacial score (nSPS) is 11.7. The Morgan fingerprint density at radius 3 is 2.53 bits per heavy atom. The molecule has 3 nitrogen and oxygen atoms in total. The summed E-state index contributed by atoms with van der Waals surface area (Å²) in [5.41, 5.74) is -0.403. The molecule has 0 bridgehead atoms. The Morgan fingerprint density at radius 1 is 1.53 bits per heavy atom. The van der Waals surface area contributed by atoms with E-state index in [1.165, 1.54) is 11.3 Å². The highest BCUT2D eigenvalue weighted by Crippen LogP contribution is 2.19. The highest BCUT2D eigenvalue weighted by Gasteiger charge is 2.31. The summed E-state index contributed by atoms with van der Waals surface area (Å²) in [5, 5.41) is 12.8. The van der Waals surface area contributed by atoms with Gasteiger partial charge in [0, 0.05) is 5.38 Å². The SMILES string of the molecule is CCC(O)(CC)C(=O)Cc1csc(C)n1. The fourth-order valence-corrected chi connectivity index (χ4v) is 2.08. The summed E-state index contributed by atoms with van der Waals surface area (Å²) in [6.45, 7) is 5.56. The Hall–Kier alpha value is -0.740. The minimum absolute atomic E-state index is 0.127. The smallest absolute Gasteiger partial charge is 0.170 e. The summed E-state index contributed by atoms with van der Waals surface area (Å²) in [7, 11) is 0. The Morgan fingerprint density at radius 2 is 2.13 bits per heavy atom. The lowest BCUT2D eigenvalue weighted by Crippen LogP contribution is -2.38. The van der Waals surface area contributed by atoms with Crippen LogP contribution in [0.1, 0.15) is 37.4 Å². The lowest BCUT2D eigenvalue weighted by molar-refractivity contribution is -0.137. The van der Waals surface area contributed by atoms with Gasteiger partial charge in [-0.15, -0.1) is 11.3 Å². The number of hydrogen-bond acceptors (Lipinski definition) is 4. The van der Waals surface area contributed by atoms with Crippen molar-refractivity contribution in [3.05, 3.63) is 16.1 Å². The highest BCUT2D eigenvalue weighted by molar-refractivity contribution is 7.09. The van der Waals surface area contributed by atoms with E-state index in [0.29, 0.717) is 12.8 Å². The molecule has 0 fully saturated rings. The van der Waals surface area contributed by atoms with Gasteiger partial charge in [0.2, 0.25) is 0 Å². The van der Waals surface area contributed by atoms with Gasteiger partial charge in [-0.25, -0.2) is 4.98 Å². The topological polar surface area (TPSA) is 50.2 Å². The first-order valence-electron chi connectivity index (χ1n) is 5.18. The van der Waals surface area contributed by atoms with Crippen LogP contribution in [0.4, 0.5) is 0 Å². The molecule has 0 radical (unpaired) electrons. The minimum Gasteiger partial charge on any atom is -0.382 e. The van der Waals surface area contributed by atoms with Gasteiger partial charge in [0.05, 0.1) is 17.1 Å². The quantitative estimate of drug-likeness (QED) is 0.838. The van der Waals surface area contributed by atoms with E-state index >= 15 is 0 Å². The van der Waals surface area contributed by atoms with Crippen LogP contribution in [0, 0.1) is 6.92 Å². The molecule has 1 rings (SSSR count). The maximum absolute atomic E-state index is 11.8. The Labute approximate surface area is 94.2 Å². The molecule has 1 heterocycles. The fraction of sp³-hybridized carbons (Fsp3) is 0.636. The van der Waals surface area contributed by atoms with Crippen LogP contribution in [-0.2, 0) is 11.2 Å². The van der Waals surface area contributed by atoms with Gasteiger partial charge in [0.25, 0.3) is 0 Å². The van der Waals surface area contributed by atoms with Crippen molar-refractivity contribution in [2.24, 2.45) is 0 Å². The maximum atomic E-state index is 11.8. The molecule has 1 N–H and O–H groups in total. The number of carbonyl (C=O) groups excluding carboxylic acids is 1. The Balaban J connectivity index is 2.70. The molecule has 4 heteroatoms. The predicted molar refractivity (Wildman–Crippen MR) is 61.1 cm³/mol. The first kappa shape index (κ1) is 12.3. The molecule has 0 aliphatic rings. The Bertz CT molecular complexity index is 342. The van der Waals surface area contributed by atoms with Crippen LogP contribution in [0.3, 0.4) is 0 Å². The van der Waals surface area contributed by atoms with Crippen LogP contribution in [0.2, 0.25) is 0 Å². The van der Waals surface area contributed by atoms with Gasteiger partial charge in [-0.3, -0.25) is 4.79 Å². The number of aryl methyl sites for hydroxylation is 1. The number of nitrogens with zero attached hydrogens (tertiary/aromatic N) is 1. The third-order valence-corrected chi connectivity index (χ3v) is 3.52. The molecule has 0 aliphatic carbocycles. The summed E-state index contributed by atoms with van der Waals surface area (Å²) in [4.78, 5) is 16.0. The zero-order valence-corrected chi connectivity index (χ0v) is 10.2. The summed E-state index contributed by atoms with van der Waals surface area (Å²) >= 11 is 1.53.